The van der Waals surface area contributed by atoms with Gasteiger partial charge in [-0.15, -0.1) is 0 Å². The SMILES string of the molecule is CCOC1=CC(=O)[C@@](C)(CC=O)[C@H](C)C1. The Morgan fingerprint density at radius 3 is 2.80 bits per heavy atom. The molecule has 0 spiro atoms. The summed E-state index contributed by atoms with van der Waals surface area (Å²) in [5.74, 6) is 0.914. The Morgan fingerprint density at radius 2 is 2.33 bits per heavy atom. The molecule has 3 nitrogen and oxygen atoms in total. The van der Waals surface area contributed by atoms with Crippen LogP contribution < -0.4 is 0 Å². The summed E-state index contributed by atoms with van der Waals surface area (Å²) >= 11 is 0. The molecule has 0 N–H and O–H groups in total. The van der Waals surface area contributed by atoms with E-state index in [0.29, 0.717) is 13.0 Å². The fourth-order valence-corrected chi connectivity index (χ4v) is 1.90. The van der Waals surface area contributed by atoms with E-state index >= 15 is 0 Å². The molecule has 0 aliphatic heterocycles. The molecule has 0 bridgehead atoms. The number of rotatable bonds is 4. The standard InChI is InChI=1S/C12H18O3/c1-4-15-10-7-9(2)12(3,5-6-13)11(14)8-10/h6,8-9H,4-5,7H2,1-3H3/t9-,12+/m1/s1. The van der Waals surface area contributed by atoms with Crippen molar-refractivity contribution in [1.82, 2.24) is 0 Å². The maximum atomic E-state index is 11.9. The van der Waals surface area contributed by atoms with Gasteiger partial charge in [0.05, 0.1) is 12.4 Å². The lowest BCUT2D eigenvalue weighted by Crippen LogP contribution is -2.37. The monoisotopic (exact) mass is 210 g/mol. The molecule has 2 atom stereocenters. The Hall–Kier alpha value is -1.12. The van der Waals surface area contributed by atoms with E-state index in [9.17, 15) is 9.59 Å². The first-order chi connectivity index (χ1) is 7.04. The molecule has 0 aromatic carbocycles. The highest BCUT2D eigenvalue weighted by Gasteiger charge is 2.40. The van der Waals surface area contributed by atoms with Crippen LogP contribution >= 0.6 is 0 Å². The van der Waals surface area contributed by atoms with Crippen molar-refractivity contribution in [2.24, 2.45) is 11.3 Å². The number of aldehydes is 1. The first kappa shape index (κ1) is 12.0. The second-order valence-electron chi connectivity index (χ2n) is 4.30. The van der Waals surface area contributed by atoms with Gasteiger partial charge in [-0.05, 0) is 12.8 Å². The van der Waals surface area contributed by atoms with E-state index in [2.05, 4.69) is 0 Å². The van der Waals surface area contributed by atoms with Crippen LogP contribution in [0.25, 0.3) is 0 Å². The third-order valence-corrected chi connectivity index (χ3v) is 3.29. The van der Waals surface area contributed by atoms with Crippen LogP contribution in [0.5, 0.6) is 0 Å². The van der Waals surface area contributed by atoms with Gasteiger partial charge in [-0.2, -0.15) is 0 Å². The molecule has 0 radical (unpaired) electrons. The molecule has 0 fully saturated rings. The number of hydrogen-bond donors (Lipinski definition) is 0. The van der Waals surface area contributed by atoms with Crippen LogP contribution in [0.3, 0.4) is 0 Å². The predicted molar refractivity (Wildman–Crippen MR) is 57.3 cm³/mol. The zero-order valence-corrected chi connectivity index (χ0v) is 9.58. The molecule has 1 aliphatic carbocycles. The zero-order valence-electron chi connectivity index (χ0n) is 9.58. The molecule has 84 valence electrons. The van der Waals surface area contributed by atoms with Crippen LogP contribution in [0.2, 0.25) is 0 Å². The maximum Gasteiger partial charge on any atom is 0.165 e. The van der Waals surface area contributed by atoms with E-state index in [0.717, 1.165) is 18.5 Å². The number of hydrogen-bond acceptors (Lipinski definition) is 3. The summed E-state index contributed by atoms with van der Waals surface area (Å²) in [6.07, 6.45) is 3.41. The van der Waals surface area contributed by atoms with Crippen molar-refractivity contribution in [3.63, 3.8) is 0 Å². The molecule has 0 saturated heterocycles. The van der Waals surface area contributed by atoms with Crippen molar-refractivity contribution in [1.29, 1.82) is 0 Å². The van der Waals surface area contributed by atoms with Crippen molar-refractivity contribution in [3.05, 3.63) is 11.8 Å². The summed E-state index contributed by atoms with van der Waals surface area (Å²) in [5, 5.41) is 0. The molecule has 0 unspecified atom stereocenters. The second-order valence-corrected chi connectivity index (χ2v) is 4.30. The van der Waals surface area contributed by atoms with Crippen LogP contribution in [-0.4, -0.2) is 18.7 Å². The molecule has 1 aliphatic rings. The van der Waals surface area contributed by atoms with E-state index < -0.39 is 5.41 Å². The van der Waals surface area contributed by atoms with Gasteiger partial charge in [-0.3, -0.25) is 4.79 Å². The largest absolute Gasteiger partial charge is 0.498 e. The van der Waals surface area contributed by atoms with E-state index in [1.165, 1.54) is 0 Å². The normalized spacial score (nSPS) is 31.0. The molecule has 0 heterocycles. The van der Waals surface area contributed by atoms with Gasteiger partial charge in [0.2, 0.25) is 0 Å². The van der Waals surface area contributed by atoms with E-state index in [1.807, 2.05) is 20.8 Å². The van der Waals surface area contributed by atoms with E-state index in [1.54, 1.807) is 6.08 Å². The lowest BCUT2D eigenvalue weighted by Gasteiger charge is -2.35. The molecule has 0 aromatic heterocycles. The topological polar surface area (TPSA) is 43.4 Å². The van der Waals surface area contributed by atoms with Crippen LogP contribution in [0.4, 0.5) is 0 Å². The molecule has 0 aromatic rings. The van der Waals surface area contributed by atoms with Crippen molar-refractivity contribution < 1.29 is 14.3 Å². The van der Waals surface area contributed by atoms with Gasteiger partial charge in [0, 0.05) is 24.3 Å². The fraction of sp³-hybridized carbons (Fsp3) is 0.667. The van der Waals surface area contributed by atoms with Gasteiger partial charge < -0.3 is 9.53 Å². The fourth-order valence-electron chi connectivity index (χ4n) is 1.90. The van der Waals surface area contributed by atoms with Gasteiger partial charge in [-0.25, -0.2) is 0 Å². The Kier molecular flexibility index (Phi) is 3.66. The van der Waals surface area contributed by atoms with Crippen LogP contribution in [-0.2, 0) is 14.3 Å². The second kappa shape index (κ2) is 4.60. The summed E-state index contributed by atoms with van der Waals surface area (Å²) in [5.41, 5.74) is -0.539. The van der Waals surface area contributed by atoms with Gasteiger partial charge in [0.25, 0.3) is 0 Å². The summed E-state index contributed by atoms with van der Waals surface area (Å²) < 4.78 is 5.35. The smallest absolute Gasteiger partial charge is 0.165 e. The average molecular weight is 210 g/mol. The predicted octanol–water partition coefficient (Wildman–Crippen LogP) is 2.11. The Balaban J connectivity index is 2.88. The minimum Gasteiger partial charge on any atom is -0.498 e. The summed E-state index contributed by atoms with van der Waals surface area (Å²) in [4.78, 5) is 22.5. The lowest BCUT2D eigenvalue weighted by atomic mass is 9.68. The molecule has 0 saturated carbocycles. The number of allylic oxidation sites excluding steroid dienone is 2. The van der Waals surface area contributed by atoms with Gasteiger partial charge in [0.15, 0.2) is 5.78 Å². The summed E-state index contributed by atoms with van der Waals surface area (Å²) in [6.45, 7) is 6.33. The molecule has 1 rings (SSSR count). The molecule has 15 heavy (non-hydrogen) atoms. The number of ether oxygens (including phenoxy) is 1. The van der Waals surface area contributed by atoms with Gasteiger partial charge >= 0.3 is 0 Å². The van der Waals surface area contributed by atoms with Gasteiger partial charge in [-0.1, -0.05) is 13.8 Å². The maximum absolute atomic E-state index is 11.9. The van der Waals surface area contributed by atoms with Crippen molar-refractivity contribution in [2.45, 2.75) is 33.6 Å². The van der Waals surface area contributed by atoms with Crippen molar-refractivity contribution in [2.75, 3.05) is 6.61 Å². The summed E-state index contributed by atoms with van der Waals surface area (Å²) in [6, 6.07) is 0. The molecule has 0 amide bonds. The van der Waals surface area contributed by atoms with Crippen LogP contribution in [0.1, 0.15) is 33.6 Å². The highest BCUT2D eigenvalue weighted by Crippen LogP contribution is 2.39. The van der Waals surface area contributed by atoms with Gasteiger partial charge in [0.1, 0.15) is 6.29 Å². The Labute approximate surface area is 90.5 Å². The first-order valence-electron chi connectivity index (χ1n) is 5.36. The first-order valence-corrected chi connectivity index (χ1v) is 5.36. The number of ketones is 1. The zero-order chi connectivity index (χ0) is 11.5. The Bertz CT molecular complexity index is 293. The highest BCUT2D eigenvalue weighted by atomic mass is 16.5. The minimum absolute atomic E-state index is 0.0109. The number of carbonyl (C=O) groups excluding carboxylic acids is 2. The molecular formula is C12H18O3. The molecular weight excluding hydrogens is 192 g/mol. The Morgan fingerprint density at radius 1 is 1.67 bits per heavy atom. The lowest BCUT2D eigenvalue weighted by molar-refractivity contribution is -0.130. The minimum atomic E-state index is -0.539. The third kappa shape index (κ3) is 2.28. The van der Waals surface area contributed by atoms with Crippen molar-refractivity contribution in [3.8, 4) is 0 Å². The number of carbonyl (C=O) groups is 2. The molecule has 3 heteroatoms. The van der Waals surface area contributed by atoms with E-state index in [4.69, 9.17) is 4.74 Å². The van der Waals surface area contributed by atoms with E-state index in [-0.39, 0.29) is 11.7 Å². The highest BCUT2D eigenvalue weighted by molar-refractivity contribution is 5.97. The van der Waals surface area contributed by atoms with Crippen LogP contribution in [0.15, 0.2) is 11.8 Å². The average Bonchev–Trinajstić information content (AvgIpc) is 2.16. The third-order valence-electron chi connectivity index (χ3n) is 3.29. The summed E-state index contributed by atoms with van der Waals surface area (Å²) in [7, 11) is 0. The van der Waals surface area contributed by atoms with Crippen LogP contribution in [0, 0.1) is 11.3 Å². The van der Waals surface area contributed by atoms with Crippen molar-refractivity contribution >= 4 is 12.1 Å². The quantitative estimate of drug-likeness (QED) is 0.667.